The van der Waals surface area contributed by atoms with Crippen molar-refractivity contribution >= 4 is 21.5 Å². The summed E-state index contributed by atoms with van der Waals surface area (Å²) < 4.78 is 27.8. The first-order valence-electron chi connectivity index (χ1n) is 5.77. The number of carbonyl (C=O) groups is 1. The predicted octanol–water partition coefficient (Wildman–Crippen LogP) is 1.03. The second-order valence-electron chi connectivity index (χ2n) is 3.90. The average Bonchev–Trinajstić information content (AvgIpc) is 2.42. The van der Waals surface area contributed by atoms with Gasteiger partial charge in [-0.2, -0.15) is 0 Å². The second-order valence-corrected chi connectivity index (χ2v) is 5.89. The zero-order chi connectivity index (χ0) is 15.3. The lowest BCUT2D eigenvalue weighted by Gasteiger charge is -2.07. The van der Waals surface area contributed by atoms with E-state index >= 15 is 0 Å². The molecule has 1 aromatic heterocycles. The topological polar surface area (TPSA) is 94.9 Å². The fourth-order valence-corrected chi connectivity index (χ4v) is 2.19. The van der Waals surface area contributed by atoms with Gasteiger partial charge in [-0.1, -0.05) is 5.16 Å². The van der Waals surface area contributed by atoms with E-state index in [1.807, 2.05) is 0 Å². The number of oxime groups is 1. The average molecular weight is 300 g/mol. The van der Waals surface area contributed by atoms with Crippen LogP contribution in [0.5, 0.6) is 0 Å². The molecule has 0 aromatic carbocycles. The first kappa shape index (κ1) is 16.1. The molecular weight excluding hydrogens is 284 g/mol. The molecule has 1 heterocycles. The van der Waals surface area contributed by atoms with Crippen LogP contribution < -0.4 is 0 Å². The first-order chi connectivity index (χ1) is 9.31. The molecule has 1 aromatic rings. The van der Waals surface area contributed by atoms with E-state index in [-0.39, 0.29) is 10.6 Å². The number of hydrogen-bond acceptors (Lipinski definition) is 7. The van der Waals surface area contributed by atoms with Gasteiger partial charge < -0.3 is 9.57 Å². The van der Waals surface area contributed by atoms with Crippen molar-refractivity contribution in [3.8, 4) is 0 Å². The molecule has 0 bridgehead atoms. The van der Waals surface area contributed by atoms with Gasteiger partial charge in [-0.05, 0) is 26.0 Å². The minimum Gasteiger partial charge on any atom is -0.464 e. The highest BCUT2D eigenvalue weighted by Gasteiger charge is 2.22. The largest absolute Gasteiger partial charge is 0.464 e. The molecule has 0 spiro atoms. The Kier molecular flexibility index (Phi) is 5.20. The number of aromatic nitrogens is 1. The molecule has 0 atom stereocenters. The summed E-state index contributed by atoms with van der Waals surface area (Å²) in [7, 11) is -2.43. The van der Waals surface area contributed by atoms with Gasteiger partial charge >= 0.3 is 5.97 Å². The van der Waals surface area contributed by atoms with Crippen LogP contribution in [0.25, 0.3) is 0 Å². The SMILES string of the molecule is CCO/N=C(\C)c1ccc(S(C)(=O)=O)c(C(=O)OC)n1. The van der Waals surface area contributed by atoms with Gasteiger partial charge in [0.05, 0.1) is 17.7 Å². The van der Waals surface area contributed by atoms with Gasteiger partial charge in [-0.3, -0.25) is 0 Å². The molecule has 0 fully saturated rings. The molecule has 0 N–H and O–H groups in total. The van der Waals surface area contributed by atoms with E-state index in [0.29, 0.717) is 18.0 Å². The molecular formula is C12H16N2O5S. The highest BCUT2D eigenvalue weighted by Crippen LogP contribution is 2.16. The van der Waals surface area contributed by atoms with Crippen LogP contribution in [0.4, 0.5) is 0 Å². The van der Waals surface area contributed by atoms with E-state index in [9.17, 15) is 13.2 Å². The highest BCUT2D eigenvalue weighted by atomic mass is 32.2. The Morgan fingerprint density at radius 2 is 2.05 bits per heavy atom. The van der Waals surface area contributed by atoms with E-state index in [1.165, 1.54) is 12.1 Å². The number of sulfone groups is 1. The van der Waals surface area contributed by atoms with Gasteiger partial charge in [0.15, 0.2) is 15.5 Å². The third-order valence-electron chi connectivity index (χ3n) is 2.34. The van der Waals surface area contributed by atoms with Gasteiger partial charge in [-0.25, -0.2) is 18.2 Å². The molecule has 0 saturated heterocycles. The maximum atomic E-state index is 11.6. The van der Waals surface area contributed by atoms with Gasteiger partial charge in [0, 0.05) is 6.26 Å². The number of pyridine rings is 1. The maximum Gasteiger partial charge on any atom is 0.358 e. The van der Waals surface area contributed by atoms with Crippen LogP contribution in [0, 0.1) is 0 Å². The molecule has 0 aliphatic carbocycles. The van der Waals surface area contributed by atoms with Crippen LogP contribution >= 0.6 is 0 Å². The van der Waals surface area contributed by atoms with Crippen LogP contribution in [0.15, 0.2) is 22.2 Å². The molecule has 1 rings (SSSR count). The Bertz CT molecular complexity index is 637. The normalized spacial score (nSPS) is 12.1. The van der Waals surface area contributed by atoms with E-state index < -0.39 is 15.8 Å². The van der Waals surface area contributed by atoms with Crippen LogP contribution in [-0.2, 0) is 19.4 Å². The minimum absolute atomic E-state index is 0.183. The predicted molar refractivity (Wildman–Crippen MR) is 72.5 cm³/mol. The number of rotatable bonds is 5. The Morgan fingerprint density at radius 3 is 2.55 bits per heavy atom. The lowest BCUT2D eigenvalue weighted by molar-refractivity contribution is 0.0589. The van der Waals surface area contributed by atoms with Crippen molar-refractivity contribution in [3.05, 3.63) is 23.5 Å². The lowest BCUT2D eigenvalue weighted by Crippen LogP contribution is -2.14. The molecule has 0 radical (unpaired) electrons. The number of carbonyl (C=O) groups excluding carboxylic acids is 1. The maximum absolute atomic E-state index is 11.6. The quantitative estimate of drug-likeness (QED) is 0.458. The lowest BCUT2D eigenvalue weighted by atomic mass is 10.2. The van der Waals surface area contributed by atoms with Gasteiger partial charge in [0.1, 0.15) is 12.3 Å². The summed E-state index contributed by atoms with van der Waals surface area (Å²) in [5.41, 5.74) is 0.502. The Labute approximate surface area is 117 Å². The molecule has 8 heteroatoms. The number of esters is 1. The smallest absolute Gasteiger partial charge is 0.358 e. The molecule has 0 aliphatic heterocycles. The number of nitrogens with zero attached hydrogens (tertiary/aromatic N) is 2. The third-order valence-corrected chi connectivity index (χ3v) is 3.47. The molecule has 0 saturated carbocycles. The van der Waals surface area contributed by atoms with E-state index in [2.05, 4.69) is 14.9 Å². The Hall–Kier alpha value is -1.96. The number of ether oxygens (including phenoxy) is 1. The van der Waals surface area contributed by atoms with E-state index in [4.69, 9.17) is 4.84 Å². The zero-order valence-electron chi connectivity index (χ0n) is 11.7. The second kappa shape index (κ2) is 6.47. The molecule has 7 nitrogen and oxygen atoms in total. The fourth-order valence-electron chi connectivity index (χ4n) is 1.40. The standard InChI is InChI=1S/C12H16N2O5S/c1-5-19-14-8(2)9-6-7-10(20(4,16)17)11(13-9)12(15)18-3/h6-7H,5H2,1-4H3/b14-8+. The summed E-state index contributed by atoms with van der Waals surface area (Å²) in [6.45, 7) is 3.80. The summed E-state index contributed by atoms with van der Waals surface area (Å²) in [5, 5.41) is 3.78. The Balaban J connectivity index is 3.39. The van der Waals surface area contributed by atoms with Gasteiger partial charge in [-0.15, -0.1) is 0 Å². The molecule has 0 amide bonds. The van der Waals surface area contributed by atoms with Crippen molar-refractivity contribution in [2.24, 2.45) is 5.16 Å². The summed E-state index contributed by atoms with van der Waals surface area (Å²) in [5.74, 6) is -0.823. The summed E-state index contributed by atoms with van der Waals surface area (Å²) in [6.07, 6.45) is 0.997. The van der Waals surface area contributed by atoms with Crippen LogP contribution in [0.1, 0.15) is 30.0 Å². The van der Waals surface area contributed by atoms with Gasteiger partial charge in [0.2, 0.25) is 0 Å². The Morgan fingerprint density at radius 1 is 1.40 bits per heavy atom. The van der Waals surface area contributed by atoms with Crippen LogP contribution in [0.3, 0.4) is 0 Å². The molecule has 0 aliphatic rings. The van der Waals surface area contributed by atoms with E-state index in [1.54, 1.807) is 13.8 Å². The van der Waals surface area contributed by atoms with Crippen molar-refractivity contribution in [2.45, 2.75) is 18.7 Å². The zero-order valence-corrected chi connectivity index (χ0v) is 12.5. The first-order valence-corrected chi connectivity index (χ1v) is 7.66. The fraction of sp³-hybridized carbons (Fsp3) is 0.417. The monoisotopic (exact) mass is 300 g/mol. The van der Waals surface area contributed by atoms with Gasteiger partial charge in [0.25, 0.3) is 0 Å². The molecule has 0 unspecified atom stereocenters. The third kappa shape index (κ3) is 3.77. The van der Waals surface area contributed by atoms with Crippen LogP contribution in [-0.4, -0.2) is 45.1 Å². The number of hydrogen-bond donors (Lipinski definition) is 0. The van der Waals surface area contributed by atoms with Crippen LogP contribution in [0.2, 0.25) is 0 Å². The summed E-state index contributed by atoms with van der Waals surface area (Å²) >= 11 is 0. The molecule has 20 heavy (non-hydrogen) atoms. The summed E-state index contributed by atoms with van der Waals surface area (Å²) in [4.78, 5) is 20.4. The van der Waals surface area contributed by atoms with Crippen molar-refractivity contribution in [3.63, 3.8) is 0 Å². The minimum atomic E-state index is -3.58. The van der Waals surface area contributed by atoms with E-state index in [0.717, 1.165) is 13.4 Å². The van der Waals surface area contributed by atoms with Crippen molar-refractivity contribution in [2.75, 3.05) is 20.0 Å². The van der Waals surface area contributed by atoms with Crippen molar-refractivity contribution < 1.29 is 22.8 Å². The number of methoxy groups -OCH3 is 1. The van der Waals surface area contributed by atoms with Crippen molar-refractivity contribution in [1.82, 2.24) is 4.98 Å². The molecule has 110 valence electrons. The highest BCUT2D eigenvalue weighted by molar-refractivity contribution is 7.90. The van der Waals surface area contributed by atoms with Crippen molar-refractivity contribution in [1.29, 1.82) is 0 Å². The summed E-state index contributed by atoms with van der Waals surface area (Å²) in [6, 6.07) is 2.76.